The molecule has 96 valence electrons. The van der Waals surface area contributed by atoms with Crippen LogP contribution in [0.3, 0.4) is 0 Å². The van der Waals surface area contributed by atoms with Crippen LogP contribution in [0.1, 0.15) is 0 Å². The molecule has 0 spiro atoms. The Morgan fingerprint density at radius 2 is 1.70 bits per heavy atom. The minimum atomic E-state index is -0.411. The monoisotopic (exact) mass is 263 g/mol. The average Bonchev–Trinajstić information content (AvgIpc) is 2.91. The molecule has 0 saturated heterocycles. The first kappa shape index (κ1) is 11.0. The lowest BCUT2D eigenvalue weighted by Gasteiger charge is -1.97. The molecule has 0 amide bonds. The molecule has 4 rings (SSSR count). The molecule has 0 unspecified atom stereocenters. The third-order valence-electron chi connectivity index (χ3n) is 3.17. The van der Waals surface area contributed by atoms with Crippen LogP contribution in [0.5, 0.6) is 0 Å². The van der Waals surface area contributed by atoms with Crippen molar-refractivity contribution in [3.05, 3.63) is 65.0 Å². The van der Waals surface area contributed by atoms with Crippen molar-refractivity contribution >= 4 is 21.9 Å². The molecule has 2 heterocycles. The number of benzene rings is 2. The van der Waals surface area contributed by atoms with Gasteiger partial charge in [-0.1, -0.05) is 30.3 Å². The van der Waals surface area contributed by atoms with E-state index in [1.54, 1.807) is 18.2 Å². The predicted molar refractivity (Wildman–Crippen MR) is 75.5 cm³/mol. The van der Waals surface area contributed by atoms with Crippen molar-refractivity contribution in [2.45, 2.75) is 0 Å². The van der Waals surface area contributed by atoms with E-state index in [2.05, 4.69) is 4.98 Å². The van der Waals surface area contributed by atoms with Crippen LogP contribution >= 0.6 is 0 Å². The molecule has 4 aromatic rings. The molecule has 4 heteroatoms. The highest BCUT2D eigenvalue weighted by atomic mass is 16.4. The highest BCUT2D eigenvalue weighted by molar-refractivity contribution is 5.82. The van der Waals surface area contributed by atoms with Gasteiger partial charge in [0, 0.05) is 5.39 Å². The minimum Gasteiger partial charge on any atom is -0.451 e. The molecule has 0 radical (unpaired) electrons. The van der Waals surface area contributed by atoms with Crippen LogP contribution in [0.2, 0.25) is 0 Å². The molecule has 2 aromatic carbocycles. The summed E-state index contributed by atoms with van der Waals surface area (Å²) < 4.78 is 10.9. The summed E-state index contributed by atoms with van der Waals surface area (Å²) in [6.45, 7) is 0. The molecular weight excluding hydrogens is 254 g/mol. The molecule has 0 N–H and O–H groups in total. The van der Waals surface area contributed by atoms with Crippen LogP contribution in [0.4, 0.5) is 0 Å². The number of nitrogens with zero attached hydrogens (tertiary/aromatic N) is 1. The van der Waals surface area contributed by atoms with E-state index < -0.39 is 5.63 Å². The van der Waals surface area contributed by atoms with Gasteiger partial charge >= 0.3 is 5.63 Å². The maximum atomic E-state index is 11.9. The van der Waals surface area contributed by atoms with Gasteiger partial charge in [-0.3, -0.25) is 0 Å². The van der Waals surface area contributed by atoms with E-state index in [9.17, 15) is 4.79 Å². The van der Waals surface area contributed by atoms with E-state index in [-0.39, 0.29) is 5.89 Å². The van der Waals surface area contributed by atoms with Gasteiger partial charge in [0.15, 0.2) is 5.76 Å². The van der Waals surface area contributed by atoms with Crippen molar-refractivity contribution in [1.82, 2.24) is 4.98 Å². The van der Waals surface area contributed by atoms with E-state index in [0.29, 0.717) is 16.7 Å². The third kappa shape index (κ3) is 1.62. The number of furan rings is 1. The maximum absolute atomic E-state index is 11.9. The van der Waals surface area contributed by atoms with Crippen LogP contribution in [0.15, 0.2) is 68.2 Å². The Hall–Kier alpha value is -2.88. The zero-order valence-electron chi connectivity index (χ0n) is 10.4. The Balaban J connectivity index is 1.99. The van der Waals surface area contributed by atoms with Gasteiger partial charge in [0.1, 0.15) is 5.58 Å². The summed E-state index contributed by atoms with van der Waals surface area (Å²) in [5, 5.41) is 1.41. The van der Waals surface area contributed by atoms with Crippen molar-refractivity contribution in [2.24, 2.45) is 0 Å². The van der Waals surface area contributed by atoms with Gasteiger partial charge in [0.25, 0.3) is 5.89 Å². The first-order chi connectivity index (χ1) is 9.81. The maximum Gasteiger partial charge on any atom is 0.347 e. The van der Waals surface area contributed by atoms with Crippen LogP contribution in [-0.4, -0.2) is 4.98 Å². The van der Waals surface area contributed by atoms with Gasteiger partial charge in [-0.05, 0) is 24.3 Å². The summed E-state index contributed by atoms with van der Waals surface area (Å²) in [6.07, 6.45) is 0. The van der Waals surface area contributed by atoms with Gasteiger partial charge in [-0.2, -0.15) is 0 Å². The van der Waals surface area contributed by atoms with Gasteiger partial charge in [0.05, 0.1) is 10.9 Å². The molecule has 0 atom stereocenters. The Bertz CT molecular complexity index is 949. The Kier molecular flexibility index (Phi) is 2.23. The molecule has 0 saturated carbocycles. The Morgan fingerprint density at radius 1 is 0.900 bits per heavy atom. The number of fused-ring (bicyclic) bond motifs is 2. The fourth-order valence-corrected chi connectivity index (χ4v) is 2.21. The largest absolute Gasteiger partial charge is 0.451 e. The Labute approximate surface area is 113 Å². The molecule has 0 aliphatic heterocycles. The zero-order chi connectivity index (χ0) is 13.5. The molecule has 20 heavy (non-hydrogen) atoms. The van der Waals surface area contributed by atoms with Gasteiger partial charge in [0.2, 0.25) is 0 Å². The summed E-state index contributed by atoms with van der Waals surface area (Å²) in [5.74, 6) is 0.652. The van der Waals surface area contributed by atoms with E-state index in [1.165, 1.54) is 0 Å². The summed E-state index contributed by atoms with van der Waals surface area (Å²) in [7, 11) is 0. The summed E-state index contributed by atoms with van der Waals surface area (Å²) >= 11 is 0. The lowest BCUT2D eigenvalue weighted by atomic mass is 10.2. The smallest absolute Gasteiger partial charge is 0.347 e. The van der Waals surface area contributed by atoms with Crippen molar-refractivity contribution in [3.8, 4) is 11.7 Å². The van der Waals surface area contributed by atoms with E-state index in [1.807, 2.05) is 36.4 Å². The number of para-hydroxylation sites is 2. The van der Waals surface area contributed by atoms with Crippen molar-refractivity contribution in [3.63, 3.8) is 0 Å². The minimum absolute atomic E-state index is 0.199. The third-order valence-corrected chi connectivity index (χ3v) is 3.17. The van der Waals surface area contributed by atoms with Crippen molar-refractivity contribution in [1.29, 1.82) is 0 Å². The van der Waals surface area contributed by atoms with E-state index >= 15 is 0 Å². The quantitative estimate of drug-likeness (QED) is 0.526. The number of hydrogen-bond donors (Lipinski definition) is 0. The molecular formula is C16H9NO3. The molecule has 0 aliphatic rings. The lowest BCUT2D eigenvalue weighted by molar-refractivity contribution is 0.491. The SMILES string of the molecule is O=c1oc(-c2cc3ccccc3o2)nc2ccccc12. The van der Waals surface area contributed by atoms with Crippen LogP contribution in [-0.2, 0) is 0 Å². The standard InChI is InChI=1S/C16H9NO3/c18-16-11-6-2-3-7-12(11)17-15(20-16)14-9-10-5-1-4-8-13(10)19-14/h1-9H. The van der Waals surface area contributed by atoms with Crippen LogP contribution < -0.4 is 5.63 Å². The molecule has 0 bridgehead atoms. The number of hydrogen-bond acceptors (Lipinski definition) is 4. The highest BCUT2D eigenvalue weighted by Gasteiger charge is 2.12. The molecule has 4 nitrogen and oxygen atoms in total. The number of rotatable bonds is 1. The zero-order valence-corrected chi connectivity index (χ0v) is 10.4. The summed E-state index contributed by atoms with van der Waals surface area (Å²) in [5.41, 5.74) is 0.922. The lowest BCUT2D eigenvalue weighted by Crippen LogP contribution is -2.02. The molecule has 0 aliphatic carbocycles. The summed E-state index contributed by atoms with van der Waals surface area (Å²) in [4.78, 5) is 16.3. The average molecular weight is 263 g/mol. The van der Waals surface area contributed by atoms with Crippen molar-refractivity contribution in [2.75, 3.05) is 0 Å². The molecule has 2 aromatic heterocycles. The first-order valence-corrected chi connectivity index (χ1v) is 6.20. The second-order valence-electron chi connectivity index (χ2n) is 4.47. The predicted octanol–water partition coefficient (Wildman–Crippen LogP) is 3.60. The van der Waals surface area contributed by atoms with Crippen molar-refractivity contribution < 1.29 is 8.83 Å². The fraction of sp³-hybridized carbons (Fsp3) is 0. The second-order valence-corrected chi connectivity index (χ2v) is 4.47. The van der Waals surface area contributed by atoms with Crippen LogP contribution in [0, 0.1) is 0 Å². The summed E-state index contributed by atoms with van der Waals surface area (Å²) in [6, 6.07) is 16.5. The fourth-order valence-electron chi connectivity index (χ4n) is 2.21. The van der Waals surface area contributed by atoms with E-state index in [4.69, 9.17) is 8.83 Å². The van der Waals surface area contributed by atoms with E-state index in [0.717, 1.165) is 11.0 Å². The Morgan fingerprint density at radius 3 is 2.60 bits per heavy atom. The number of aromatic nitrogens is 1. The van der Waals surface area contributed by atoms with Gasteiger partial charge in [-0.15, -0.1) is 0 Å². The molecule has 0 fully saturated rings. The van der Waals surface area contributed by atoms with Gasteiger partial charge in [-0.25, -0.2) is 9.78 Å². The van der Waals surface area contributed by atoms with Crippen LogP contribution in [0.25, 0.3) is 33.5 Å². The normalized spacial score (nSPS) is 11.2. The first-order valence-electron chi connectivity index (χ1n) is 6.20. The second kappa shape index (κ2) is 4.06. The van der Waals surface area contributed by atoms with Gasteiger partial charge < -0.3 is 8.83 Å². The topological polar surface area (TPSA) is 56.2 Å². The highest BCUT2D eigenvalue weighted by Crippen LogP contribution is 2.26.